The van der Waals surface area contributed by atoms with Crippen LogP contribution in [-0.4, -0.2) is 17.4 Å². The Kier molecular flexibility index (Phi) is 3.52. The quantitative estimate of drug-likeness (QED) is 0.775. The van der Waals surface area contributed by atoms with E-state index in [-0.39, 0.29) is 0 Å². The zero-order valence-corrected chi connectivity index (χ0v) is 10.6. The normalized spacial score (nSPS) is 17.7. The van der Waals surface area contributed by atoms with Crippen LogP contribution in [0.3, 0.4) is 0 Å². The van der Waals surface area contributed by atoms with Gasteiger partial charge in [-0.2, -0.15) is 0 Å². The molecule has 15 heavy (non-hydrogen) atoms. The number of alkyl halides is 1. The molecule has 0 atom stereocenters. The monoisotopic (exact) mass is 244 g/mol. The van der Waals surface area contributed by atoms with Crippen LogP contribution in [0.25, 0.3) is 0 Å². The summed E-state index contributed by atoms with van der Waals surface area (Å²) in [6.07, 6.45) is 4.79. The standard InChI is InChI=1S/C11H17ClN2S/c1-2-9-7-15-10(14-9)13-8-11(3-4-11)5-6-12/h7H,2-6,8H2,1H3,(H,13,14). The van der Waals surface area contributed by atoms with Gasteiger partial charge >= 0.3 is 0 Å². The lowest BCUT2D eigenvalue weighted by Gasteiger charge is -2.13. The van der Waals surface area contributed by atoms with E-state index in [2.05, 4.69) is 22.6 Å². The number of nitrogens with one attached hydrogen (secondary N) is 1. The molecule has 0 amide bonds. The van der Waals surface area contributed by atoms with E-state index in [0.29, 0.717) is 5.41 Å². The number of aromatic nitrogens is 1. The molecule has 84 valence electrons. The van der Waals surface area contributed by atoms with Gasteiger partial charge in [-0.15, -0.1) is 22.9 Å². The number of hydrogen-bond donors (Lipinski definition) is 1. The Bertz CT molecular complexity index is 320. The Balaban J connectivity index is 1.82. The molecule has 0 spiro atoms. The molecule has 0 bridgehead atoms. The van der Waals surface area contributed by atoms with Crippen molar-refractivity contribution in [3.05, 3.63) is 11.1 Å². The van der Waals surface area contributed by atoms with E-state index in [9.17, 15) is 0 Å². The summed E-state index contributed by atoms with van der Waals surface area (Å²) < 4.78 is 0. The van der Waals surface area contributed by atoms with Crippen LogP contribution in [0.4, 0.5) is 5.13 Å². The predicted octanol–water partition coefficient (Wildman–Crippen LogP) is 3.53. The molecule has 1 heterocycles. The molecular formula is C11H17ClN2S. The van der Waals surface area contributed by atoms with Crippen LogP contribution in [0.2, 0.25) is 0 Å². The summed E-state index contributed by atoms with van der Waals surface area (Å²) in [4.78, 5) is 4.49. The Labute approximate surface area is 100 Å². The molecule has 1 fully saturated rings. The summed E-state index contributed by atoms with van der Waals surface area (Å²) in [6.45, 7) is 3.17. The predicted molar refractivity (Wildman–Crippen MR) is 67.0 cm³/mol. The van der Waals surface area contributed by atoms with Gasteiger partial charge < -0.3 is 5.32 Å². The van der Waals surface area contributed by atoms with E-state index in [1.807, 2.05) is 0 Å². The third-order valence-electron chi connectivity index (χ3n) is 3.11. The molecule has 4 heteroatoms. The molecule has 2 rings (SSSR count). The maximum Gasteiger partial charge on any atom is 0.182 e. The molecule has 0 aliphatic heterocycles. The number of nitrogens with zero attached hydrogens (tertiary/aromatic N) is 1. The van der Waals surface area contributed by atoms with Crippen molar-refractivity contribution in [2.45, 2.75) is 32.6 Å². The van der Waals surface area contributed by atoms with Crippen molar-refractivity contribution in [3.63, 3.8) is 0 Å². The van der Waals surface area contributed by atoms with Gasteiger partial charge in [-0.25, -0.2) is 4.98 Å². The number of thiazole rings is 1. The first kappa shape index (κ1) is 11.2. The van der Waals surface area contributed by atoms with Gasteiger partial charge in [-0.3, -0.25) is 0 Å². The lowest BCUT2D eigenvalue weighted by atomic mass is 10.0. The first-order chi connectivity index (χ1) is 7.28. The highest BCUT2D eigenvalue weighted by Gasteiger charge is 2.41. The van der Waals surface area contributed by atoms with E-state index < -0.39 is 0 Å². The second-order valence-corrected chi connectivity index (χ2v) is 5.53. The summed E-state index contributed by atoms with van der Waals surface area (Å²) >= 11 is 7.50. The zero-order valence-electron chi connectivity index (χ0n) is 9.05. The molecule has 0 radical (unpaired) electrons. The Morgan fingerprint density at radius 2 is 2.40 bits per heavy atom. The van der Waals surface area contributed by atoms with Crippen molar-refractivity contribution in [2.75, 3.05) is 17.7 Å². The van der Waals surface area contributed by atoms with Gasteiger partial charge in [0.05, 0.1) is 5.69 Å². The van der Waals surface area contributed by atoms with E-state index >= 15 is 0 Å². The number of hydrogen-bond acceptors (Lipinski definition) is 3. The van der Waals surface area contributed by atoms with Gasteiger partial charge in [0, 0.05) is 17.8 Å². The molecular weight excluding hydrogens is 228 g/mol. The molecule has 0 saturated heterocycles. The first-order valence-electron chi connectivity index (χ1n) is 5.52. The topological polar surface area (TPSA) is 24.9 Å². The molecule has 1 aliphatic rings. The van der Waals surface area contributed by atoms with Crippen LogP contribution >= 0.6 is 22.9 Å². The minimum absolute atomic E-state index is 0.486. The van der Waals surface area contributed by atoms with Crippen molar-refractivity contribution in [3.8, 4) is 0 Å². The second-order valence-electron chi connectivity index (χ2n) is 4.29. The molecule has 1 aromatic rings. The molecule has 2 nitrogen and oxygen atoms in total. The minimum Gasteiger partial charge on any atom is -0.361 e. The lowest BCUT2D eigenvalue weighted by Crippen LogP contribution is -2.15. The van der Waals surface area contributed by atoms with Gasteiger partial charge in [-0.1, -0.05) is 6.92 Å². The average molecular weight is 245 g/mol. The van der Waals surface area contributed by atoms with Gasteiger partial charge in [0.1, 0.15) is 0 Å². The van der Waals surface area contributed by atoms with E-state index in [1.165, 1.54) is 18.5 Å². The zero-order chi connectivity index (χ0) is 10.7. The van der Waals surface area contributed by atoms with Crippen molar-refractivity contribution in [1.82, 2.24) is 4.98 Å². The number of rotatable bonds is 6. The second kappa shape index (κ2) is 4.71. The fourth-order valence-corrected chi connectivity index (χ4v) is 2.90. The fourth-order valence-electron chi connectivity index (χ4n) is 1.71. The van der Waals surface area contributed by atoms with Crippen molar-refractivity contribution < 1.29 is 0 Å². The number of aryl methyl sites for hydroxylation is 1. The molecule has 0 aromatic carbocycles. The summed E-state index contributed by atoms with van der Waals surface area (Å²) in [7, 11) is 0. The summed E-state index contributed by atoms with van der Waals surface area (Å²) in [5.41, 5.74) is 1.67. The molecule has 0 unspecified atom stereocenters. The van der Waals surface area contributed by atoms with Gasteiger partial charge in [-0.05, 0) is 31.1 Å². The van der Waals surface area contributed by atoms with E-state index in [1.54, 1.807) is 11.3 Å². The smallest absolute Gasteiger partial charge is 0.182 e. The maximum absolute atomic E-state index is 5.79. The number of anilines is 1. The first-order valence-corrected chi connectivity index (χ1v) is 6.94. The van der Waals surface area contributed by atoms with Crippen molar-refractivity contribution in [1.29, 1.82) is 0 Å². The van der Waals surface area contributed by atoms with Gasteiger partial charge in [0.15, 0.2) is 5.13 Å². The molecule has 1 aliphatic carbocycles. The summed E-state index contributed by atoms with van der Waals surface area (Å²) in [6, 6.07) is 0. The van der Waals surface area contributed by atoms with Crippen LogP contribution in [0.1, 0.15) is 31.9 Å². The molecule has 1 N–H and O–H groups in total. The highest BCUT2D eigenvalue weighted by atomic mass is 35.5. The summed E-state index contributed by atoms with van der Waals surface area (Å²) in [5.74, 6) is 0.778. The van der Waals surface area contributed by atoms with Crippen molar-refractivity contribution >= 4 is 28.1 Å². The van der Waals surface area contributed by atoms with Crippen molar-refractivity contribution in [2.24, 2.45) is 5.41 Å². The van der Waals surface area contributed by atoms with Crippen LogP contribution in [0.5, 0.6) is 0 Å². The number of halogens is 1. The van der Waals surface area contributed by atoms with E-state index in [0.717, 1.165) is 30.4 Å². The maximum atomic E-state index is 5.79. The SMILES string of the molecule is CCc1csc(NCC2(CCCl)CC2)n1. The largest absolute Gasteiger partial charge is 0.361 e. The fraction of sp³-hybridized carbons (Fsp3) is 0.727. The summed E-state index contributed by atoms with van der Waals surface area (Å²) in [5, 5.41) is 6.63. The lowest BCUT2D eigenvalue weighted by molar-refractivity contribution is 0.524. The Morgan fingerprint density at radius 1 is 1.60 bits per heavy atom. The van der Waals surface area contributed by atoms with Crippen LogP contribution in [0.15, 0.2) is 5.38 Å². The average Bonchev–Trinajstić information content (AvgIpc) is 2.86. The third-order valence-corrected chi connectivity index (χ3v) is 4.15. The van der Waals surface area contributed by atoms with Gasteiger partial charge in [0.25, 0.3) is 0 Å². The van der Waals surface area contributed by atoms with Crippen LogP contribution in [-0.2, 0) is 6.42 Å². The minimum atomic E-state index is 0.486. The molecule has 1 saturated carbocycles. The van der Waals surface area contributed by atoms with E-state index in [4.69, 9.17) is 11.6 Å². The third kappa shape index (κ3) is 2.85. The highest BCUT2D eigenvalue weighted by molar-refractivity contribution is 7.13. The molecule has 1 aromatic heterocycles. The Morgan fingerprint density at radius 3 is 2.93 bits per heavy atom. The van der Waals surface area contributed by atoms with Crippen LogP contribution < -0.4 is 5.32 Å². The van der Waals surface area contributed by atoms with Crippen LogP contribution in [0, 0.1) is 5.41 Å². The Hall–Kier alpha value is -0.280. The van der Waals surface area contributed by atoms with Gasteiger partial charge in [0.2, 0.25) is 0 Å². The highest BCUT2D eigenvalue weighted by Crippen LogP contribution is 2.48.